The summed E-state index contributed by atoms with van der Waals surface area (Å²) in [6.45, 7) is 13.1. The highest BCUT2D eigenvalue weighted by Crippen LogP contribution is 2.10. The van der Waals surface area contributed by atoms with Gasteiger partial charge in [0.15, 0.2) is 5.96 Å². The number of halogens is 1. The maximum atomic E-state index is 5.45. The number of methoxy groups -OCH3 is 1. The molecule has 0 atom stereocenters. The van der Waals surface area contributed by atoms with Crippen LogP contribution in [0.25, 0.3) is 0 Å². The third-order valence-corrected chi connectivity index (χ3v) is 4.53. The zero-order valence-electron chi connectivity index (χ0n) is 17.1. The summed E-state index contributed by atoms with van der Waals surface area (Å²) < 4.78 is 10.8. The van der Waals surface area contributed by atoms with Gasteiger partial charge in [0, 0.05) is 39.8 Å². The number of rotatable bonds is 8. The maximum Gasteiger partial charge on any atom is 0.191 e. The van der Waals surface area contributed by atoms with Crippen molar-refractivity contribution in [2.75, 3.05) is 46.5 Å². The summed E-state index contributed by atoms with van der Waals surface area (Å²) in [6.07, 6.45) is 0. The van der Waals surface area contributed by atoms with Gasteiger partial charge in [-0.1, -0.05) is 24.3 Å². The second kappa shape index (κ2) is 12.5. The molecule has 1 fully saturated rings. The molecule has 154 valence electrons. The van der Waals surface area contributed by atoms with E-state index < -0.39 is 0 Å². The van der Waals surface area contributed by atoms with E-state index in [1.165, 1.54) is 11.1 Å². The molecule has 0 aliphatic carbocycles. The standard InChI is InChI=1S/C20H34N4O2.HI/c1-5-21-19(23-16-20(2,3)25-4)22-14-17-6-8-18(9-7-17)15-24-10-12-26-13-11-24;/h6-9H,5,10-16H2,1-4H3,(H2,21,22,23);1H. The highest BCUT2D eigenvalue weighted by Gasteiger charge is 2.16. The number of benzene rings is 1. The molecule has 0 spiro atoms. The van der Waals surface area contributed by atoms with Gasteiger partial charge in [-0.3, -0.25) is 4.90 Å². The van der Waals surface area contributed by atoms with Gasteiger partial charge < -0.3 is 20.1 Å². The van der Waals surface area contributed by atoms with Crippen molar-refractivity contribution in [3.8, 4) is 0 Å². The lowest BCUT2D eigenvalue weighted by Gasteiger charge is -2.26. The molecule has 0 aromatic heterocycles. The van der Waals surface area contributed by atoms with Crippen LogP contribution in [0.5, 0.6) is 0 Å². The molecule has 0 amide bonds. The summed E-state index contributed by atoms with van der Waals surface area (Å²) in [5.41, 5.74) is 2.32. The number of ether oxygens (including phenoxy) is 2. The van der Waals surface area contributed by atoms with Crippen LogP contribution in [0.1, 0.15) is 31.9 Å². The van der Waals surface area contributed by atoms with Crippen molar-refractivity contribution in [2.24, 2.45) is 4.99 Å². The zero-order valence-corrected chi connectivity index (χ0v) is 19.4. The van der Waals surface area contributed by atoms with E-state index in [2.05, 4.69) is 65.6 Å². The largest absolute Gasteiger partial charge is 0.379 e. The Kier molecular flexibility index (Phi) is 11.2. The van der Waals surface area contributed by atoms with Crippen LogP contribution in [0.4, 0.5) is 0 Å². The molecule has 2 rings (SSSR count). The van der Waals surface area contributed by atoms with E-state index in [9.17, 15) is 0 Å². The van der Waals surface area contributed by atoms with Crippen LogP contribution in [-0.4, -0.2) is 63.0 Å². The van der Waals surface area contributed by atoms with Gasteiger partial charge in [-0.05, 0) is 31.9 Å². The Bertz CT molecular complexity index is 558. The minimum absolute atomic E-state index is 0. The van der Waals surface area contributed by atoms with Gasteiger partial charge in [-0.15, -0.1) is 24.0 Å². The van der Waals surface area contributed by atoms with Gasteiger partial charge >= 0.3 is 0 Å². The molecule has 1 aliphatic heterocycles. The van der Waals surface area contributed by atoms with Gasteiger partial charge in [0.25, 0.3) is 0 Å². The van der Waals surface area contributed by atoms with Gasteiger partial charge in [0.2, 0.25) is 0 Å². The topological polar surface area (TPSA) is 58.1 Å². The molecule has 1 heterocycles. The second-order valence-electron chi connectivity index (χ2n) is 7.22. The van der Waals surface area contributed by atoms with Gasteiger partial charge in [-0.25, -0.2) is 4.99 Å². The average molecular weight is 490 g/mol. The van der Waals surface area contributed by atoms with Crippen molar-refractivity contribution < 1.29 is 9.47 Å². The molecular formula is C20H35IN4O2. The number of guanidine groups is 1. The quantitative estimate of drug-likeness (QED) is 0.334. The van der Waals surface area contributed by atoms with Crippen molar-refractivity contribution >= 4 is 29.9 Å². The van der Waals surface area contributed by atoms with Gasteiger partial charge in [0.1, 0.15) is 0 Å². The van der Waals surface area contributed by atoms with Crippen molar-refractivity contribution in [3.05, 3.63) is 35.4 Å². The van der Waals surface area contributed by atoms with E-state index in [-0.39, 0.29) is 29.6 Å². The van der Waals surface area contributed by atoms with Crippen molar-refractivity contribution in [1.82, 2.24) is 15.5 Å². The number of morpholine rings is 1. The molecule has 6 nitrogen and oxygen atoms in total. The first-order chi connectivity index (χ1) is 12.5. The van der Waals surface area contributed by atoms with Crippen LogP contribution in [0, 0.1) is 0 Å². The van der Waals surface area contributed by atoms with Crippen LogP contribution in [0.2, 0.25) is 0 Å². The molecular weight excluding hydrogens is 455 g/mol. The molecule has 2 N–H and O–H groups in total. The monoisotopic (exact) mass is 490 g/mol. The maximum absolute atomic E-state index is 5.45. The van der Waals surface area contributed by atoms with Crippen molar-refractivity contribution in [2.45, 2.75) is 39.5 Å². The first-order valence-corrected chi connectivity index (χ1v) is 9.47. The van der Waals surface area contributed by atoms with E-state index in [1.54, 1.807) is 7.11 Å². The molecule has 1 aliphatic rings. The molecule has 0 bridgehead atoms. The summed E-state index contributed by atoms with van der Waals surface area (Å²) in [4.78, 5) is 7.11. The molecule has 0 radical (unpaired) electrons. The van der Waals surface area contributed by atoms with Gasteiger partial charge in [0.05, 0.1) is 25.4 Å². The number of nitrogens with zero attached hydrogens (tertiary/aromatic N) is 2. The molecule has 7 heteroatoms. The lowest BCUT2D eigenvalue weighted by atomic mass is 10.1. The van der Waals surface area contributed by atoms with Crippen LogP contribution in [-0.2, 0) is 22.6 Å². The normalized spacial score (nSPS) is 15.9. The fraction of sp³-hybridized carbons (Fsp3) is 0.650. The Balaban J connectivity index is 0.00000364. The van der Waals surface area contributed by atoms with Crippen LogP contribution >= 0.6 is 24.0 Å². The lowest BCUT2D eigenvalue weighted by Crippen LogP contribution is -2.45. The highest BCUT2D eigenvalue weighted by molar-refractivity contribution is 14.0. The summed E-state index contributed by atoms with van der Waals surface area (Å²) >= 11 is 0. The van der Waals surface area contributed by atoms with Gasteiger partial charge in [-0.2, -0.15) is 0 Å². The lowest BCUT2D eigenvalue weighted by molar-refractivity contribution is 0.0268. The van der Waals surface area contributed by atoms with Crippen molar-refractivity contribution in [1.29, 1.82) is 0 Å². The summed E-state index contributed by atoms with van der Waals surface area (Å²) in [5.74, 6) is 0.815. The number of nitrogens with one attached hydrogen (secondary N) is 2. The molecule has 27 heavy (non-hydrogen) atoms. The Morgan fingerprint density at radius 3 is 2.37 bits per heavy atom. The number of hydrogen-bond acceptors (Lipinski definition) is 4. The molecule has 1 saturated heterocycles. The predicted molar refractivity (Wildman–Crippen MR) is 122 cm³/mol. The van der Waals surface area contributed by atoms with Crippen LogP contribution in [0.3, 0.4) is 0 Å². The Morgan fingerprint density at radius 2 is 1.78 bits per heavy atom. The van der Waals surface area contributed by atoms with Crippen LogP contribution < -0.4 is 10.6 Å². The number of aliphatic imine (C=N–C) groups is 1. The minimum Gasteiger partial charge on any atom is -0.379 e. The third kappa shape index (κ3) is 9.23. The molecule has 0 unspecified atom stereocenters. The van der Waals surface area contributed by atoms with E-state index in [4.69, 9.17) is 9.47 Å². The molecule has 1 aromatic carbocycles. The fourth-order valence-corrected chi connectivity index (χ4v) is 2.65. The Labute approximate surface area is 181 Å². The van der Waals surface area contributed by atoms with E-state index in [0.29, 0.717) is 13.1 Å². The van der Waals surface area contributed by atoms with Crippen molar-refractivity contribution in [3.63, 3.8) is 0 Å². The minimum atomic E-state index is -0.225. The summed E-state index contributed by atoms with van der Waals surface area (Å²) in [7, 11) is 1.73. The molecule has 0 saturated carbocycles. The first kappa shape index (κ1) is 24.1. The summed E-state index contributed by atoms with van der Waals surface area (Å²) in [5, 5.41) is 6.62. The van der Waals surface area contributed by atoms with E-state index in [1.807, 2.05) is 0 Å². The number of hydrogen-bond donors (Lipinski definition) is 2. The second-order valence-corrected chi connectivity index (χ2v) is 7.22. The highest BCUT2D eigenvalue weighted by atomic mass is 127. The Hall–Kier alpha value is -0.900. The third-order valence-electron chi connectivity index (χ3n) is 4.53. The SMILES string of the molecule is CCNC(=NCc1ccc(CN2CCOCC2)cc1)NCC(C)(C)OC.I. The predicted octanol–water partition coefficient (Wildman–Crippen LogP) is 2.62. The molecule has 1 aromatic rings. The smallest absolute Gasteiger partial charge is 0.191 e. The average Bonchev–Trinajstić information content (AvgIpc) is 2.66. The van der Waals surface area contributed by atoms with Crippen LogP contribution in [0.15, 0.2) is 29.3 Å². The Morgan fingerprint density at radius 1 is 1.15 bits per heavy atom. The fourth-order valence-electron chi connectivity index (χ4n) is 2.65. The van der Waals surface area contributed by atoms with E-state index in [0.717, 1.165) is 45.4 Å². The first-order valence-electron chi connectivity index (χ1n) is 9.47. The van der Waals surface area contributed by atoms with E-state index >= 15 is 0 Å². The summed E-state index contributed by atoms with van der Waals surface area (Å²) in [6, 6.07) is 8.74. The zero-order chi connectivity index (χ0) is 18.8.